The molecule has 0 spiro atoms. The zero-order valence-corrected chi connectivity index (χ0v) is 8.44. The van der Waals surface area contributed by atoms with Gasteiger partial charge in [0.1, 0.15) is 0 Å². The van der Waals surface area contributed by atoms with Crippen LogP contribution in [0, 0.1) is 5.92 Å². The molecule has 78 valence electrons. The van der Waals surface area contributed by atoms with E-state index in [2.05, 4.69) is 14.9 Å². The first-order chi connectivity index (χ1) is 7.34. The number of imidazole rings is 1. The Balaban J connectivity index is 1.95. The molecule has 2 bridgehead atoms. The number of rotatable bonds is 1. The minimum Gasteiger partial charge on any atom is -0.369 e. The number of carbonyl (C=O) groups excluding carboxylic acids is 1. The third-order valence-electron chi connectivity index (χ3n) is 3.27. The molecule has 0 radical (unpaired) electrons. The maximum absolute atomic E-state index is 12.0. The van der Waals surface area contributed by atoms with Crippen LogP contribution >= 0.6 is 0 Å². The van der Waals surface area contributed by atoms with E-state index < -0.39 is 0 Å². The van der Waals surface area contributed by atoms with Crippen LogP contribution in [-0.2, 0) is 4.79 Å². The molecule has 0 aliphatic carbocycles. The maximum atomic E-state index is 12.0. The molecule has 0 aromatic carbocycles. The number of allylic oxidation sites excluding steroid dienone is 1. The Morgan fingerprint density at radius 2 is 2.27 bits per heavy atom. The normalized spacial score (nSPS) is 24.1. The van der Waals surface area contributed by atoms with E-state index in [0.717, 1.165) is 37.3 Å². The van der Waals surface area contributed by atoms with Crippen LogP contribution in [0.1, 0.15) is 18.5 Å². The van der Waals surface area contributed by atoms with Crippen LogP contribution in [0.25, 0.3) is 6.08 Å². The number of fused-ring (bicyclic) bond motifs is 3. The summed E-state index contributed by atoms with van der Waals surface area (Å²) in [5, 5.41) is 0. The summed E-state index contributed by atoms with van der Waals surface area (Å²) in [5.74, 6) is 0.575. The lowest BCUT2D eigenvalue weighted by atomic mass is 9.84. The maximum Gasteiger partial charge on any atom is 0.182 e. The van der Waals surface area contributed by atoms with Crippen molar-refractivity contribution >= 4 is 11.9 Å². The smallest absolute Gasteiger partial charge is 0.182 e. The van der Waals surface area contributed by atoms with Crippen LogP contribution in [0.4, 0.5) is 0 Å². The number of nitrogens with zero attached hydrogens (tertiary/aromatic N) is 2. The van der Waals surface area contributed by atoms with Crippen molar-refractivity contribution in [3.63, 3.8) is 0 Å². The number of aromatic nitrogens is 2. The fourth-order valence-electron chi connectivity index (χ4n) is 2.40. The van der Waals surface area contributed by atoms with E-state index in [0.29, 0.717) is 5.78 Å². The number of hydrogen-bond donors (Lipinski definition) is 1. The number of hydrogen-bond acceptors (Lipinski definition) is 3. The monoisotopic (exact) mass is 203 g/mol. The van der Waals surface area contributed by atoms with Crippen molar-refractivity contribution in [1.82, 2.24) is 14.9 Å². The second kappa shape index (κ2) is 3.22. The lowest BCUT2D eigenvalue weighted by Gasteiger charge is -2.41. The molecule has 4 heteroatoms. The molecule has 1 N–H and O–H groups in total. The molecule has 0 saturated carbocycles. The topological polar surface area (TPSA) is 49.0 Å². The molecule has 0 unspecified atom stereocenters. The van der Waals surface area contributed by atoms with Gasteiger partial charge in [-0.05, 0) is 18.9 Å². The second-order valence-electron chi connectivity index (χ2n) is 4.16. The summed E-state index contributed by atoms with van der Waals surface area (Å²) < 4.78 is 0. The average Bonchev–Trinajstić information content (AvgIpc) is 2.77. The highest BCUT2D eigenvalue weighted by Crippen LogP contribution is 2.31. The predicted molar refractivity (Wildman–Crippen MR) is 55.9 cm³/mol. The van der Waals surface area contributed by atoms with E-state index in [4.69, 9.17) is 0 Å². The number of Topliss-reactive ketones (excluding diaryl/α,β-unsaturated/α-hetero) is 1. The Kier molecular flexibility index (Phi) is 1.87. The first kappa shape index (κ1) is 8.71. The van der Waals surface area contributed by atoms with Gasteiger partial charge < -0.3 is 9.88 Å². The minimum absolute atomic E-state index is 0.268. The van der Waals surface area contributed by atoms with Crippen LogP contribution in [0.5, 0.6) is 0 Å². The van der Waals surface area contributed by atoms with E-state index in [1.807, 2.05) is 6.08 Å². The van der Waals surface area contributed by atoms with E-state index >= 15 is 0 Å². The summed E-state index contributed by atoms with van der Waals surface area (Å²) in [6.07, 6.45) is 7.34. The molecule has 4 rings (SSSR count). The van der Waals surface area contributed by atoms with Crippen LogP contribution in [0.2, 0.25) is 0 Å². The molecule has 4 heterocycles. The highest BCUT2D eigenvalue weighted by atomic mass is 16.1. The van der Waals surface area contributed by atoms with Gasteiger partial charge in [-0.3, -0.25) is 4.79 Å². The van der Waals surface area contributed by atoms with Gasteiger partial charge in [-0.25, -0.2) is 4.98 Å². The number of ketones is 1. The predicted octanol–water partition coefficient (Wildman–Crippen LogP) is 1.05. The third-order valence-corrected chi connectivity index (χ3v) is 3.27. The quantitative estimate of drug-likeness (QED) is 0.694. The number of H-pyrrole nitrogens is 1. The van der Waals surface area contributed by atoms with Crippen molar-refractivity contribution < 1.29 is 4.79 Å². The van der Waals surface area contributed by atoms with Gasteiger partial charge in [0.05, 0.1) is 23.9 Å². The van der Waals surface area contributed by atoms with Crippen molar-refractivity contribution in [2.24, 2.45) is 5.92 Å². The van der Waals surface area contributed by atoms with Crippen LogP contribution < -0.4 is 0 Å². The number of nitrogens with one attached hydrogen (secondary N) is 1. The van der Waals surface area contributed by atoms with Gasteiger partial charge in [-0.1, -0.05) is 0 Å². The Bertz CT molecular complexity index is 399. The van der Waals surface area contributed by atoms with E-state index in [1.165, 1.54) is 0 Å². The Hall–Kier alpha value is -1.58. The Morgan fingerprint density at radius 1 is 1.47 bits per heavy atom. The van der Waals surface area contributed by atoms with Gasteiger partial charge in [0.25, 0.3) is 0 Å². The summed E-state index contributed by atoms with van der Waals surface area (Å²) >= 11 is 0. The van der Waals surface area contributed by atoms with Crippen LogP contribution in [0.15, 0.2) is 18.2 Å². The van der Waals surface area contributed by atoms with E-state index in [9.17, 15) is 4.79 Å². The molecule has 4 nitrogen and oxygen atoms in total. The molecule has 0 atom stereocenters. The van der Waals surface area contributed by atoms with Crippen LogP contribution in [-0.4, -0.2) is 33.7 Å². The number of carbonyl (C=O) groups is 1. The van der Waals surface area contributed by atoms with Gasteiger partial charge in [-0.2, -0.15) is 0 Å². The van der Waals surface area contributed by atoms with Gasteiger partial charge in [0, 0.05) is 19.0 Å². The summed E-state index contributed by atoms with van der Waals surface area (Å²) in [7, 11) is 0. The van der Waals surface area contributed by atoms with Crippen molar-refractivity contribution in [3.8, 4) is 0 Å². The van der Waals surface area contributed by atoms with Gasteiger partial charge >= 0.3 is 0 Å². The SMILES string of the molecule is O=C1C(=Cc2cnc[nH]2)N2CCC1CC2. The summed E-state index contributed by atoms with van der Waals surface area (Å²) in [6.45, 7) is 2.05. The molecule has 1 aromatic rings. The largest absolute Gasteiger partial charge is 0.369 e. The highest BCUT2D eigenvalue weighted by molar-refractivity contribution is 6.01. The summed E-state index contributed by atoms with van der Waals surface area (Å²) in [4.78, 5) is 21.1. The first-order valence-electron chi connectivity index (χ1n) is 5.34. The average molecular weight is 203 g/mol. The highest BCUT2D eigenvalue weighted by Gasteiger charge is 2.36. The van der Waals surface area contributed by atoms with Gasteiger partial charge in [0.2, 0.25) is 0 Å². The lowest BCUT2D eigenvalue weighted by Crippen LogP contribution is -2.45. The van der Waals surface area contributed by atoms with Crippen molar-refractivity contribution in [1.29, 1.82) is 0 Å². The summed E-state index contributed by atoms with van der Waals surface area (Å²) in [5.41, 5.74) is 1.77. The number of piperidine rings is 3. The van der Waals surface area contributed by atoms with Crippen molar-refractivity contribution in [2.45, 2.75) is 12.8 Å². The Labute approximate surface area is 88.0 Å². The van der Waals surface area contributed by atoms with E-state index in [-0.39, 0.29) is 5.92 Å². The molecule has 3 saturated heterocycles. The summed E-state index contributed by atoms with van der Waals surface area (Å²) in [6, 6.07) is 0. The first-order valence-corrected chi connectivity index (χ1v) is 5.34. The molecule has 0 amide bonds. The van der Waals surface area contributed by atoms with Gasteiger partial charge in [-0.15, -0.1) is 0 Å². The second-order valence-corrected chi connectivity index (χ2v) is 4.16. The molecule has 15 heavy (non-hydrogen) atoms. The van der Waals surface area contributed by atoms with Crippen LogP contribution in [0.3, 0.4) is 0 Å². The minimum atomic E-state index is 0.268. The lowest BCUT2D eigenvalue weighted by molar-refractivity contribution is -0.125. The molecule has 3 aliphatic heterocycles. The molecule has 1 aromatic heterocycles. The Morgan fingerprint density at radius 3 is 2.87 bits per heavy atom. The standard InChI is InChI=1S/C11H13N3O/c15-11-8-1-3-14(4-2-8)10(11)5-9-6-12-7-13-9/h5-8H,1-4H2,(H,12,13). The zero-order chi connectivity index (χ0) is 10.3. The van der Waals surface area contributed by atoms with Crippen molar-refractivity contribution in [2.75, 3.05) is 13.1 Å². The zero-order valence-electron chi connectivity index (χ0n) is 8.44. The molecular formula is C11H13N3O. The fraction of sp³-hybridized carbons (Fsp3) is 0.455. The van der Waals surface area contributed by atoms with E-state index in [1.54, 1.807) is 12.5 Å². The molecular weight excluding hydrogens is 190 g/mol. The molecule has 3 fully saturated rings. The third kappa shape index (κ3) is 1.37. The van der Waals surface area contributed by atoms with Gasteiger partial charge in [0.15, 0.2) is 5.78 Å². The van der Waals surface area contributed by atoms with Crippen molar-refractivity contribution in [3.05, 3.63) is 23.9 Å². The fourth-order valence-corrected chi connectivity index (χ4v) is 2.40. The number of aromatic amines is 1. The molecule has 3 aliphatic rings.